The van der Waals surface area contributed by atoms with Crippen molar-refractivity contribution < 1.29 is 27.1 Å². The maximum atomic E-state index is 13.3. The van der Waals surface area contributed by atoms with Crippen molar-refractivity contribution in [2.24, 2.45) is 0 Å². The Morgan fingerprint density at radius 3 is 2.00 bits per heavy atom. The average molecular weight is 559 g/mol. The molecule has 1 atom stereocenters. The smallest absolute Gasteiger partial charge is 0.333 e. The van der Waals surface area contributed by atoms with Gasteiger partial charge in [-0.1, -0.05) is 6.07 Å². The lowest BCUT2D eigenvalue weighted by molar-refractivity contribution is 0.0562. The van der Waals surface area contributed by atoms with Crippen LogP contribution < -0.4 is 10.1 Å². The maximum Gasteiger partial charge on any atom is 0.333 e. The molecule has 0 spiro atoms. The van der Waals surface area contributed by atoms with Gasteiger partial charge in [0.15, 0.2) is 0 Å². The highest BCUT2D eigenvalue weighted by molar-refractivity contribution is 5.96. The van der Waals surface area contributed by atoms with E-state index in [0.29, 0.717) is 55.1 Å². The summed E-state index contributed by atoms with van der Waals surface area (Å²) in [5.41, 5.74) is 3.70. The third-order valence-corrected chi connectivity index (χ3v) is 6.33. The van der Waals surface area contributed by atoms with E-state index in [4.69, 9.17) is 4.74 Å². The molecule has 0 unspecified atom stereocenters. The van der Waals surface area contributed by atoms with Crippen molar-refractivity contribution >= 4 is 5.91 Å². The van der Waals surface area contributed by atoms with Crippen molar-refractivity contribution in [2.45, 2.75) is 33.0 Å². The molecule has 0 aliphatic carbocycles. The van der Waals surface area contributed by atoms with Gasteiger partial charge in [-0.15, -0.1) is 0 Å². The first-order chi connectivity index (χ1) is 19.0. The van der Waals surface area contributed by atoms with Crippen LogP contribution in [0, 0.1) is 6.92 Å². The number of nitrogens with zero attached hydrogens (tertiary/aromatic N) is 5. The number of carbonyl (C=O) groups excluding carboxylic acids is 1. The van der Waals surface area contributed by atoms with Crippen LogP contribution in [0.4, 0.5) is 17.6 Å². The van der Waals surface area contributed by atoms with Gasteiger partial charge in [-0.05, 0) is 80.5 Å². The second kappa shape index (κ2) is 12.3. The number of nitrogens with one attached hydrogen (secondary N) is 1. The number of alkyl halides is 4. The summed E-state index contributed by atoms with van der Waals surface area (Å²) >= 11 is 0. The fraction of sp³-hybridized carbons (Fsp3) is 0.321. The van der Waals surface area contributed by atoms with E-state index in [1.165, 1.54) is 24.8 Å². The van der Waals surface area contributed by atoms with Crippen molar-refractivity contribution in [2.75, 3.05) is 27.2 Å². The van der Waals surface area contributed by atoms with E-state index in [0.717, 1.165) is 12.1 Å². The van der Waals surface area contributed by atoms with E-state index in [2.05, 4.69) is 15.5 Å². The Morgan fingerprint density at radius 2 is 1.50 bits per heavy atom. The van der Waals surface area contributed by atoms with Crippen molar-refractivity contribution in [3.8, 4) is 28.0 Å². The zero-order chi connectivity index (χ0) is 29.0. The summed E-state index contributed by atoms with van der Waals surface area (Å²) in [6, 6.07) is 9.94. The first-order valence-corrected chi connectivity index (χ1v) is 12.5. The number of aryl methyl sites for hydroxylation is 1. The minimum absolute atomic E-state index is 0.328. The monoisotopic (exact) mass is 558 g/mol. The van der Waals surface area contributed by atoms with Gasteiger partial charge in [0, 0.05) is 35.6 Å². The van der Waals surface area contributed by atoms with Crippen LogP contribution in [0.2, 0.25) is 0 Å². The van der Waals surface area contributed by atoms with Crippen molar-refractivity contribution in [3.63, 3.8) is 0 Å². The van der Waals surface area contributed by atoms with Gasteiger partial charge in [-0.2, -0.15) is 27.8 Å². The molecule has 40 heavy (non-hydrogen) atoms. The van der Waals surface area contributed by atoms with Crippen LogP contribution in [-0.2, 0) is 0 Å². The second-order valence-corrected chi connectivity index (χ2v) is 9.64. The van der Waals surface area contributed by atoms with Crippen molar-refractivity contribution in [1.29, 1.82) is 0 Å². The number of ether oxygens (including phenoxy) is 1. The Kier molecular flexibility index (Phi) is 8.88. The summed E-state index contributed by atoms with van der Waals surface area (Å²) in [6.45, 7) is -0.845. The predicted molar refractivity (Wildman–Crippen MR) is 142 cm³/mol. The van der Waals surface area contributed by atoms with E-state index in [1.54, 1.807) is 37.3 Å². The van der Waals surface area contributed by atoms with E-state index >= 15 is 0 Å². The summed E-state index contributed by atoms with van der Waals surface area (Å²) in [5.74, 6) is 0.243. The number of benzene rings is 2. The SMILES string of the molecule is Cc1ccc(OCCN(C)C)cc1C(=O)N[C@H](C)c1cc(-c2cnn(C(F)F)c2)cc(-c2cnn(C(F)F)c2)c1. The first-order valence-electron chi connectivity index (χ1n) is 12.5. The quantitative estimate of drug-likeness (QED) is 0.231. The van der Waals surface area contributed by atoms with Gasteiger partial charge < -0.3 is 15.0 Å². The third-order valence-electron chi connectivity index (χ3n) is 6.33. The predicted octanol–water partition coefficient (Wildman–Crippen LogP) is 5.94. The zero-order valence-electron chi connectivity index (χ0n) is 22.5. The summed E-state index contributed by atoms with van der Waals surface area (Å²) in [4.78, 5) is 15.3. The molecule has 8 nitrogen and oxygen atoms in total. The zero-order valence-corrected chi connectivity index (χ0v) is 22.5. The number of likely N-dealkylation sites (N-methyl/N-ethyl adjacent to an activating group) is 1. The highest BCUT2D eigenvalue weighted by Gasteiger charge is 2.18. The normalized spacial score (nSPS) is 12.4. The Balaban J connectivity index is 1.63. The topological polar surface area (TPSA) is 77.2 Å². The number of rotatable bonds is 11. The molecule has 1 amide bonds. The van der Waals surface area contributed by atoms with Gasteiger partial charge in [-0.25, -0.2) is 9.36 Å². The Labute approximate surface area is 229 Å². The molecular formula is C28H30F4N6O2. The van der Waals surface area contributed by atoms with Crippen LogP contribution in [-0.4, -0.2) is 57.6 Å². The summed E-state index contributed by atoms with van der Waals surface area (Å²) in [6.07, 6.45) is 4.99. The van der Waals surface area contributed by atoms with Crippen molar-refractivity contribution in [3.05, 3.63) is 77.9 Å². The molecule has 0 fully saturated rings. The third kappa shape index (κ3) is 6.87. The van der Waals surface area contributed by atoms with Gasteiger partial charge in [0.25, 0.3) is 5.91 Å². The van der Waals surface area contributed by atoms with Gasteiger partial charge in [0.05, 0.1) is 18.4 Å². The van der Waals surface area contributed by atoms with Crippen LogP contribution in [0.1, 0.15) is 47.5 Å². The van der Waals surface area contributed by atoms with Crippen LogP contribution in [0.25, 0.3) is 22.3 Å². The fourth-order valence-electron chi connectivity index (χ4n) is 4.06. The van der Waals surface area contributed by atoms with Crippen LogP contribution in [0.15, 0.2) is 61.2 Å². The van der Waals surface area contributed by atoms with Gasteiger partial charge >= 0.3 is 13.1 Å². The lowest BCUT2D eigenvalue weighted by atomic mass is 9.96. The molecule has 1 N–H and O–H groups in total. The Morgan fingerprint density at radius 1 is 0.925 bits per heavy atom. The number of hydrogen-bond acceptors (Lipinski definition) is 5. The number of carbonyl (C=O) groups is 1. The lowest BCUT2D eigenvalue weighted by Crippen LogP contribution is -2.27. The van der Waals surface area contributed by atoms with Crippen LogP contribution >= 0.6 is 0 Å². The molecule has 0 aliphatic heterocycles. The number of hydrogen-bond donors (Lipinski definition) is 1. The Bertz CT molecular complexity index is 1400. The Hall–Kier alpha value is -4.19. The minimum atomic E-state index is -2.82. The van der Waals surface area contributed by atoms with Gasteiger partial charge in [-0.3, -0.25) is 4.79 Å². The molecule has 2 aromatic carbocycles. The van der Waals surface area contributed by atoms with Crippen LogP contribution in [0.5, 0.6) is 5.75 Å². The highest BCUT2D eigenvalue weighted by Crippen LogP contribution is 2.32. The lowest BCUT2D eigenvalue weighted by Gasteiger charge is -2.18. The van der Waals surface area contributed by atoms with Crippen LogP contribution in [0.3, 0.4) is 0 Å². The average Bonchev–Trinajstić information content (AvgIpc) is 3.60. The molecule has 212 valence electrons. The molecule has 0 saturated carbocycles. The second-order valence-electron chi connectivity index (χ2n) is 9.64. The molecule has 12 heteroatoms. The van der Waals surface area contributed by atoms with E-state index in [9.17, 15) is 22.4 Å². The molecule has 4 rings (SSSR count). The summed E-state index contributed by atoms with van der Waals surface area (Å²) in [7, 11) is 3.88. The molecule has 0 radical (unpaired) electrons. The van der Waals surface area contributed by atoms with Gasteiger partial charge in [0.2, 0.25) is 0 Å². The van der Waals surface area contributed by atoms with Crippen molar-refractivity contribution in [1.82, 2.24) is 29.8 Å². The highest BCUT2D eigenvalue weighted by atomic mass is 19.3. The number of amides is 1. The molecule has 2 aromatic heterocycles. The summed E-state index contributed by atoms with van der Waals surface area (Å²) in [5, 5.41) is 10.4. The van der Waals surface area contributed by atoms with Gasteiger partial charge in [0.1, 0.15) is 12.4 Å². The maximum absolute atomic E-state index is 13.3. The van der Waals surface area contributed by atoms with E-state index in [1.807, 2.05) is 32.0 Å². The number of aromatic nitrogens is 4. The molecule has 4 aromatic rings. The largest absolute Gasteiger partial charge is 0.492 e. The molecule has 0 bridgehead atoms. The first kappa shape index (κ1) is 28.8. The molecule has 2 heterocycles. The van der Waals surface area contributed by atoms with E-state index in [-0.39, 0.29) is 5.91 Å². The molecule has 0 saturated heterocycles. The number of halogens is 4. The standard InChI is InChI=1S/C28H30F4N6O2/c1-17-5-6-24(40-8-7-36(3)4)12-25(17)26(39)35-18(2)19-9-20(22-13-33-37(15-22)27(29)30)11-21(10-19)23-14-34-38(16-23)28(31)32/h5-6,9-16,18,27-28H,7-8H2,1-4H3,(H,35,39)/t18-/m1/s1. The molecular weight excluding hydrogens is 528 g/mol. The fourth-order valence-corrected chi connectivity index (χ4v) is 4.06. The minimum Gasteiger partial charge on any atom is -0.492 e. The molecule has 0 aliphatic rings. The summed E-state index contributed by atoms with van der Waals surface area (Å²) < 4.78 is 59.4. The van der Waals surface area contributed by atoms with E-state index < -0.39 is 19.1 Å².